The first-order valence-corrected chi connectivity index (χ1v) is 10.1. The summed E-state index contributed by atoms with van der Waals surface area (Å²) in [6.45, 7) is 5.04. The summed E-state index contributed by atoms with van der Waals surface area (Å²) >= 11 is 0. The summed E-state index contributed by atoms with van der Waals surface area (Å²) in [6.07, 6.45) is 2.55. The number of esters is 1. The number of anilines is 1. The van der Waals surface area contributed by atoms with Gasteiger partial charge in [0.1, 0.15) is 0 Å². The van der Waals surface area contributed by atoms with Gasteiger partial charge in [-0.2, -0.15) is 0 Å². The van der Waals surface area contributed by atoms with Gasteiger partial charge < -0.3 is 20.3 Å². The van der Waals surface area contributed by atoms with Crippen LogP contribution in [0.5, 0.6) is 0 Å². The zero-order valence-electron chi connectivity index (χ0n) is 17.4. The average Bonchev–Trinajstić information content (AvgIpc) is 3.31. The van der Waals surface area contributed by atoms with Gasteiger partial charge in [0.2, 0.25) is 0 Å². The third-order valence-corrected chi connectivity index (χ3v) is 5.25. The normalized spacial score (nSPS) is 15.1. The number of carbonyl (C=O) groups is 1. The highest BCUT2D eigenvalue weighted by atomic mass is 16.5. The molecular formula is C23H30N4O2. The highest BCUT2D eigenvalue weighted by Gasteiger charge is 2.14. The lowest BCUT2D eigenvalue weighted by Gasteiger charge is -2.22. The number of hydrogen-bond acceptors (Lipinski definition) is 4. The molecule has 1 atom stereocenters. The van der Waals surface area contributed by atoms with Gasteiger partial charge in [-0.3, -0.25) is 4.99 Å². The van der Waals surface area contributed by atoms with Crippen LogP contribution in [0.4, 0.5) is 5.69 Å². The topological polar surface area (TPSA) is 66.0 Å². The third-order valence-electron chi connectivity index (χ3n) is 5.25. The summed E-state index contributed by atoms with van der Waals surface area (Å²) in [6, 6.07) is 16.2. The molecule has 0 radical (unpaired) electrons. The number of carbonyl (C=O) groups excluding carboxylic acids is 1. The van der Waals surface area contributed by atoms with E-state index in [1.54, 1.807) is 19.2 Å². The molecule has 6 nitrogen and oxygen atoms in total. The van der Waals surface area contributed by atoms with Crippen molar-refractivity contribution in [3.63, 3.8) is 0 Å². The SMILES string of the molecule is CN=C(NCc1ccc(C(=O)OC)cc1)NC(C)c1cccc(N2CCCC2)c1. The standard InChI is InChI=1S/C23H30N4O2/c1-17(20-7-6-8-21(15-20)27-13-4-5-14-27)26-23(24-2)25-16-18-9-11-19(12-10-18)22(28)29-3/h6-12,15,17H,4-5,13-14,16H2,1-3H3,(H2,24,25,26). The average molecular weight is 395 g/mol. The number of nitrogens with one attached hydrogen (secondary N) is 2. The molecule has 2 aromatic rings. The molecule has 3 rings (SSSR count). The van der Waals surface area contributed by atoms with E-state index in [1.165, 1.54) is 31.2 Å². The fraction of sp³-hybridized carbons (Fsp3) is 0.391. The Bertz CT molecular complexity index is 842. The number of hydrogen-bond donors (Lipinski definition) is 2. The summed E-state index contributed by atoms with van der Waals surface area (Å²) in [4.78, 5) is 18.3. The Labute approximate surface area is 173 Å². The van der Waals surface area contributed by atoms with Crippen LogP contribution in [0.25, 0.3) is 0 Å². The van der Waals surface area contributed by atoms with Crippen LogP contribution >= 0.6 is 0 Å². The van der Waals surface area contributed by atoms with E-state index in [1.807, 2.05) is 12.1 Å². The molecule has 0 amide bonds. The van der Waals surface area contributed by atoms with Crippen molar-refractivity contribution in [2.24, 2.45) is 4.99 Å². The highest BCUT2D eigenvalue weighted by Crippen LogP contribution is 2.23. The van der Waals surface area contributed by atoms with Crippen LogP contribution in [-0.2, 0) is 11.3 Å². The summed E-state index contributed by atoms with van der Waals surface area (Å²) < 4.78 is 4.73. The third kappa shape index (κ3) is 5.50. The Hall–Kier alpha value is -3.02. The Morgan fingerprint density at radius 1 is 1.17 bits per heavy atom. The van der Waals surface area contributed by atoms with Crippen molar-refractivity contribution in [2.75, 3.05) is 32.1 Å². The lowest BCUT2D eigenvalue weighted by atomic mass is 10.1. The second kappa shape index (κ2) is 9.96. The molecular weight excluding hydrogens is 364 g/mol. The maximum absolute atomic E-state index is 11.5. The summed E-state index contributed by atoms with van der Waals surface area (Å²) in [5.74, 6) is 0.410. The smallest absolute Gasteiger partial charge is 0.337 e. The molecule has 1 unspecified atom stereocenters. The predicted molar refractivity (Wildman–Crippen MR) is 117 cm³/mol. The van der Waals surface area contributed by atoms with Crippen LogP contribution < -0.4 is 15.5 Å². The van der Waals surface area contributed by atoms with Crippen molar-refractivity contribution in [1.29, 1.82) is 0 Å². The van der Waals surface area contributed by atoms with Crippen molar-refractivity contribution >= 4 is 17.6 Å². The largest absolute Gasteiger partial charge is 0.465 e. The number of ether oxygens (including phenoxy) is 1. The van der Waals surface area contributed by atoms with Gasteiger partial charge in [-0.15, -0.1) is 0 Å². The molecule has 2 N–H and O–H groups in total. The number of guanidine groups is 1. The lowest BCUT2D eigenvalue weighted by molar-refractivity contribution is 0.0600. The first-order valence-electron chi connectivity index (χ1n) is 10.1. The Balaban J connectivity index is 1.57. The summed E-state index contributed by atoms with van der Waals surface area (Å²) in [5.41, 5.74) is 4.14. The minimum atomic E-state index is -0.327. The van der Waals surface area contributed by atoms with E-state index in [4.69, 9.17) is 4.74 Å². The minimum absolute atomic E-state index is 0.130. The molecule has 154 valence electrons. The first kappa shape index (κ1) is 20.7. The van der Waals surface area contributed by atoms with E-state index >= 15 is 0 Å². The molecule has 0 saturated carbocycles. The van der Waals surface area contributed by atoms with Gasteiger partial charge >= 0.3 is 5.97 Å². The predicted octanol–water partition coefficient (Wildman–Crippen LogP) is 3.50. The molecule has 1 fully saturated rings. The van der Waals surface area contributed by atoms with Gasteiger partial charge in [-0.05, 0) is 55.2 Å². The molecule has 0 bridgehead atoms. The first-order chi connectivity index (χ1) is 14.1. The minimum Gasteiger partial charge on any atom is -0.465 e. The summed E-state index contributed by atoms with van der Waals surface area (Å²) in [5, 5.41) is 6.79. The van der Waals surface area contributed by atoms with Crippen LogP contribution in [0.15, 0.2) is 53.5 Å². The van der Waals surface area contributed by atoms with E-state index in [0.717, 1.165) is 24.6 Å². The quantitative estimate of drug-likeness (QED) is 0.446. The van der Waals surface area contributed by atoms with Crippen molar-refractivity contribution in [3.05, 3.63) is 65.2 Å². The second-order valence-electron chi connectivity index (χ2n) is 7.27. The number of aliphatic imine (C=N–C) groups is 1. The highest BCUT2D eigenvalue weighted by molar-refractivity contribution is 5.89. The maximum atomic E-state index is 11.5. The van der Waals surface area contributed by atoms with Crippen LogP contribution in [-0.4, -0.2) is 39.2 Å². The molecule has 1 saturated heterocycles. The van der Waals surface area contributed by atoms with E-state index in [0.29, 0.717) is 12.1 Å². The van der Waals surface area contributed by atoms with Gasteiger partial charge in [-0.25, -0.2) is 4.79 Å². The number of benzene rings is 2. The zero-order valence-corrected chi connectivity index (χ0v) is 17.4. The van der Waals surface area contributed by atoms with Crippen LogP contribution in [0, 0.1) is 0 Å². The van der Waals surface area contributed by atoms with Crippen molar-refractivity contribution in [3.8, 4) is 0 Å². The van der Waals surface area contributed by atoms with E-state index in [-0.39, 0.29) is 12.0 Å². The zero-order chi connectivity index (χ0) is 20.6. The Morgan fingerprint density at radius 3 is 2.55 bits per heavy atom. The van der Waals surface area contributed by atoms with E-state index in [2.05, 4.69) is 51.7 Å². The molecule has 1 aliphatic heterocycles. The molecule has 29 heavy (non-hydrogen) atoms. The van der Waals surface area contributed by atoms with Gasteiger partial charge in [0.25, 0.3) is 0 Å². The molecule has 0 aliphatic carbocycles. The van der Waals surface area contributed by atoms with Crippen molar-refractivity contribution in [2.45, 2.75) is 32.4 Å². The Kier molecular flexibility index (Phi) is 7.11. The molecule has 2 aromatic carbocycles. The van der Waals surface area contributed by atoms with Gasteiger partial charge in [0.15, 0.2) is 5.96 Å². The van der Waals surface area contributed by atoms with Crippen LogP contribution in [0.3, 0.4) is 0 Å². The number of rotatable bonds is 6. The van der Waals surface area contributed by atoms with Crippen molar-refractivity contribution in [1.82, 2.24) is 10.6 Å². The number of methoxy groups -OCH3 is 1. The van der Waals surface area contributed by atoms with E-state index < -0.39 is 0 Å². The molecule has 1 aliphatic rings. The van der Waals surface area contributed by atoms with Gasteiger partial charge in [0.05, 0.1) is 18.7 Å². The number of nitrogens with zero attached hydrogens (tertiary/aromatic N) is 2. The molecule has 0 spiro atoms. The summed E-state index contributed by atoms with van der Waals surface area (Å²) in [7, 11) is 3.15. The van der Waals surface area contributed by atoms with Crippen LogP contribution in [0.1, 0.15) is 47.3 Å². The van der Waals surface area contributed by atoms with E-state index in [9.17, 15) is 4.79 Å². The van der Waals surface area contributed by atoms with Crippen molar-refractivity contribution < 1.29 is 9.53 Å². The Morgan fingerprint density at radius 2 is 1.90 bits per heavy atom. The van der Waals surface area contributed by atoms with Gasteiger partial charge in [0, 0.05) is 32.4 Å². The fourth-order valence-corrected chi connectivity index (χ4v) is 3.51. The molecule has 1 heterocycles. The fourth-order valence-electron chi connectivity index (χ4n) is 3.51. The van der Waals surface area contributed by atoms with Gasteiger partial charge in [-0.1, -0.05) is 24.3 Å². The molecule has 0 aromatic heterocycles. The van der Waals surface area contributed by atoms with Crippen LogP contribution in [0.2, 0.25) is 0 Å². The lowest BCUT2D eigenvalue weighted by Crippen LogP contribution is -2.38. The monoisotopic (exact) mass is 394 g/mol. The molecule has 6 heteroatoms. The second-order valence-corrected chi connectivity index (χ2v) is 7.27. The maximum Gasteiger partial charge on any atom is 0.337 e.